The summed E-state index contributed by atoms with van der Waals surface area (Å²) in [5, 5.41) is 5.04. The van der Waals surface area contributed by atoms with E-state index in [1.165, 1.54) is 28.4 Å². The Morgan fingerprint density at radius 3 is 2.56 bits per heavy atom. The van der Waals surface area contributed by atoms with Crippen molar-refractivity contribution in [3.8, 4) is 0 Å². The number of hydrogen-bond acceptors (Lipinski definition) is 3. The van der Waals surface area contributed by atoms with Gasteiger partial charge in [-0.15, -0.1) is 11.3 Å². The summed E-state index contributed by atoms with van der Waals surface area (Å²) in [6, 6.07) is 0.616. The van der Waals surface area contributed by atoms with E-state index in [-0.39, 0.29) is 0 Å². The maximum absolute atomic E-state index is 4.69. The van der Waals surface area contributed by atoms with E-state index in [4.69, 9.17) is 4.98 Å². The van der Waals surface area contributed by atoms with Gasteiger partial charge in [-0.3, -0.25) is 0 Å². The molecule has 2 nitrogen and oxygen atoms in total. The van der Waals surface area contributed by atoms with Gasteiger partial charge in [0, 0.05) is 17.3 Å². The molecule has 2 atom stereocenters. The van der Waals surface area contributed by atoms with E-state index < -0.39 is 0 Å². The summed E-state index contributed by atoms with van der Waals surface area (Å²) < 4.78 is 0. The third-order valence-corrected chi connectivity index (χ3v) is 5.29. The molecule has 0 amide bonds. The zero-order valence-electron chi connectivity index (χ0n) is 12.3. The summed E-state index contributed by atoms with van der Waals surface area (Å²) in [6.45, 7) is 12.4. The van der Waals surface area contributed by atoms with E-state index in [9.17, 15) is 0 Å². The Morgan fingerprint density at radius 1 is 1.44 bits per heavy atom. The lowest BCUT2D eigenvalue weighted by Gasteiger charge is -2.19. The Bertz CT molecular complexity index is 389. The number of hydrogen-bond donors (Lipinski definition) is 1. The molecule has 1 fully saturated rings. The number of aromatic nitrogens is 1. The Morgan fingerprint density at radius 2 is 2.11 bits per heavy atom. The molecule has 2 rings (SSSR count). The third kappa shape index (κ3) is 3.12. The minimum absolute atomic E-state index is 0.534. The molecule has 1 aliphatic carbocycles. The van der Waals surface area contributed by atoms with Crippen LogP contribution in [0.2, 0.25) is 0 Å². The van der Waals surface area contributed by atoms with Gasteiger partial charge in [-0.25, -0.2) is 4.98 Å². The van der Waals surface area contributed by atoms with Gasteiger partial charge < -0.3 is 5.32 Å². The van der Waals surface area contributed by atoms with Crippen molar-refractivity contribution in [2.75, 3.05) is 6.54 Å². The number of nitrogens with zero attached hydrogens (tertiary/aromatic N) is 1. The van der Waals surface area contributed by atoms with E-state index in [0.29, 0.717) is 11.5 Å². The number of rotatable bonds is 6. The van der Waals surface area contributed by atoms with Crippen molar-refractivity contribution in [3.05, 3.63) is 15.6 Å². The fraction of sp³-hybridized carbons (Fsp3) is 0.800. The molecule has 3 heteroatoms. The maximum atomic E-state index is 4.69. The van der Waals surface area contributed by atoms with Crippen LogP contribution in [-0.2, 0) is 6.42 Å². The van der Waals surface area contributed by atoms with Gasteiger partial charge in [0.05, 0.1) is 10.7 Å². The molecular formula is C15H26N2S. The van der Waals surface area contributed by atoms with Gasteiger partial charge in [0.25, 0.3) is 0 Å². The highest BCUT2D eigenvalue weighted by atomic mass is 32.1. The Labute approximate surface area is 115 Å². The Kier molecular flexibility index (Phi) is 4.12. The zero-order valence-corrected chi connectivity index (χ0v) is 13.2. The van der Waals surface area contributed by atoms with Gasteiger partial charge in [-0.1, -0.05) is 20.8 Å². The van der Waals surface area contributed by atoms with Gasteiger partial charge >= 0.3 is 0 Å². The van der Waals surface area contributed by atoms with Crippen LogP contribution >= 0.6 is 11.3 Å². The molecule has 0 aromatic carbocycles. The van der Waals surface area contributed by atoms with Crippen LogP contribution in [0.5, 0.6) is 0 Å². The van der Waals surface area contributed by atoms with Gasteiger partial charge in [0.1, 0.15) is 0 Å². The third-order valence-electron chi connectivity index (χ3n) is 4.20. The molecule has 2 unspecified atom stereocenters. The second kappa shape index (κ2) is 5.30. The average Bonchev–Trinajstić information content (AvgIpc) is 2.80. The van der Waals surface area contributed by atoms with Crippen LogP contribution in [0, 0.1) is 25.2 Å². The zero-order chi connectivity index (χ0) is 13.3. The lowest BCUT2D eigenvalue weighted by molar-refractivity contribution is 0.402. The van der Waals surface area contributed by atoms with E-state index >= 15 is 0 Å². The highest BCUT2D eigenvalue weighted by Crippen LogP contribution is 2.54. The van der Waals surface area contributed by atoms with E-state index in [2.05, 4.69) is 39.9 Å². The van der Waals surface area contributed by atoms with Gasteiger partial charge in [-0.05, 0) is 44.6 Å². The van der Waals surface area contributed by atoms with Gasteiger partial charge in [-0.2, -0.15) is 0 Å². The lowest BCUT2D eigenvalue weighted by atomic mass is 10.0. The van der Waals surface area contributed by atoms with Crippen molar-refractivity contribution in [3.63, 3.8) is 0 Å². The van der Waals surface area contributed by atoms with Crippen molar-refractivity contribution in [2.45, 2.75) is 59.9 Å². The predicted octanol–water partition coefficient (Wildman–Crippen LogP) is 3.72. The highest BCUT2D eigenvalue weighted by molar-refractivity contribution is 7.11. The second-order valence-corrected chi connectivity index (χ2v) is 7.60. The standard InChI is InChI=1S/C15H26N2S/c1-6-7-16-13(12-9-15(12,4)5)8-14-17-10(2)11(3)18-14/h12-13,16H,6-9H2,1-5H3. The molecule has 0 aliphatic heterocycles. The maximum Gasteiger partial charge on any atom is 0.0946 e. The van der Waals surface area contributed by atoms with Crippen LogP contribution in [0.3, 0.4) is 0 Å². The molecule has 0 saturated heterocycles. The first-order chi connectivity index (χ1) is 8.44. The first-order valence-electron chi connectivity index (χ1n) is 7.10. The predicted molar refractivity (Wildman–Crippen MR) is 79.3 cm³/mol. The smallest absolute Gasteiger partial charge is 0.0946 e. The molecule has 0 bridgehead atoms. The van der Waals surface area contributed by atoms with Crippen molar-refractivity contribution < 1.29 is 0 Å². The average molecular weight is 266 g/mol. The number of aryl methyl sites for hydroxylation is 2. The number of nitrogens with one attached hydrogen (secondary N) is 1. The topological polar surface area (TPSA) is 24.9 Å². The first-order valence-corrected chi connectivity index (χ1v) is 7.92. The van der Waals surface area contributed by atoms with Gasteiger partial charge in [0.15, 0.2) is 0 Å². The van der Waals surface area contributed by atoms with Crippen molar-refractivity contribution in [1.82, 2.24) is 10.3 Å². The summed E-state index contributed by atoms with van der Waals surface area (Å²) in [5.74, 6) is 0.827. The molecule has 1 aliphatic rings. The quantitative estimate of drug-likeness (QED) is 0.849. The summed E-state index contributed by atoms with van der Waals surface area (Å²) in [5.41, 5.74) is 1.74. The SMILES string of the molecule is CCCNC(Cc1nc(C)c(C)s1)C1CC1(C)C. The van der Waals surface area contributed by atoms with Crippen LogP contribution in [-0.4, -0.2) is 17.6 Å². The van der Waals surface area contributed by atoms with Crippen LogP contribution in [0.25, 0.3) is 0 Å². The van der Waals surface area contributed by atoms with Crippen LogP contribution in [0.1, 0.15) is 49.2 Å². The molecule has 18 heavy (non-hydrogen) atoms. The molecule has 1 aromatic heterocycles. The lowest BCUT2D eigenvalue weighted by Crippen LogP contribution is -2.35. The summed E-state index contributed by atoms with van der Waals surface area (Å²) in [6.07, 6.45) is 3.67. The largest absolute Gasteiger partial charge is 0.313 e. The van der Waals surface area contributed by atoms with Crippen molar-refractivity contribution >= 4 is 11.3 Å². The molecule has 0 spiro atoms. The molecule has 1 saturated carbocycles. The van der Waals surface area contributed by atoms with E-state index in [1.54, 1.807) is 0 Å². The molecule has 1 heterocycles. The molecule has 102 valence electrons. The minimum atomic E-state index is 0.534. The molecular weight excluding hydrogens is 240 g/mol. The second-order valence-electron chi connectivity index (χ2n) is 6.31. The molecule has 1 aromatic rings. The van der Waals surface area contributed by atoms with Gasteiger partial charge in [0.2, 0.25) is 0 Å². The molecule has 1 N–H and O–H groups in total. The summed E-state index contributed by atoms with van der Waals surface area (Å²) >= 11 is 1.87. The summed E-state index contributed by atoms with van der Waals surface area (Å²) in [4.78, 5) is 6.06. The monoisotopic (exact) mass is 266 g/mol. The van der Waals surface area contributed by atoms with Crippen LogP contribution < -0.4 is 5.32 Å². The van der Waals surface area contributed by atoms with E-state index in [1.807, 2.05) is 11.3 Å². The number of thiazole rings is 1. The van der Waals surface area contributed by atoms with E-state index in [0.717, 1.165) is 18.9 Å². The minimum Gasteiger partial charge on any atom is -0.313 e. The Balaban J connectivity index is 2.01. The molecule has 0 radical (unpaired) electrons. The Hall–Kier alpha value is -0.410. The highest BCUT2D eigenvalue weighted by Gasteiger charge is 2.49. The fourth-order valence-corrected chi connectivity index (χ4v) is 3.69. The fourth-order valence-electron chi connectivity index (χ4n) is 2.70. The van der Waals surface area contributed by atoms with Crippen LogP contribution in [0.4, 0.5) is 0 Å². The normalized spacial score (nSPS) is 23.1. The first kappa shape index (κ1) is 14.0. The van der Waals surface area contributed by atoms with Crippen molar-refractivity contribution in [2.24, 2.45) is 11.3 Å². The van der Waals surface area contributed by atoms with Crippen molar-refractivity contribution in [1.29, 1.82) is 0 Å². The summed E-state index contributed by atoms with van der Waals surface area (Å²) in [7, 11) is 0. The van der Waals surface area contributed by atoms with Crippen LogP contribution in [0.15, 0.2) is 0 Å².